The van der Waals surface area contributed by atoms with E-state index in [1.165, 1.54) is 5.75 Å². The van der Waals surface area contributed by atoms with Crippen molar-refractivity contribution in [2.45, 2.75) is 6.42 Å². The van der Waals surface area contributed by atoms with Crippen LogP contribution in [0.2, 0.25) is 5.02 Å². The zero-order valence-corrected chi connectivity index (χ0v) is 10.6. The number of para-hydroxylation sites is 1. The van der Waals surface area contributed by atoms with Crippen LogP contribution in [0.15, 0.2) is 18.2 Å². The van der Waals surface area contributed by atoms with Crippen LogP contribution >= 0.6 is 23.4 Å². The minimum atomic E-state index is 0.677. The van der Waals surface area contributed by atoms with Crippen LogP contribution in [-0.4, -0.2) is 30.9 Å². The van der Waals surface area contributed by atoms with E-state index in [-0.39, 0.29) is 0 Å². The van der Waals surface area contributed by atoms with Gasteiger partial charge in [-0.3, -0.25) is 4.79 Å². The number of thioether (sulfide) groups is 1. The van der Waals surface area contributed by atoms with E-state index in [4.69, 9.17) is 11.6 Å². The van der Waals surface area contributed by atoms with Crippen LogP contribution < -0.4 is 4.90 Å². The third kappa shape index (κ3) is 2.53. The molecule has 0 unspecified atom stereocenters. The van der Waals surface area contributed by atoms with Crippen molar-refractivity contribution in [2.24, 2.45) is 0 Å². The van der Waals surface area contributed by atoms with E-state index in [0.717, 1.165) is 37.2 Å². The van der Waals surface area contributed by atoms with Crippen molar-refractivity contribution < 1.29 is 4.79 Å². The van der Waals surface area contributed by atoms with Crippen LogP contribution in [0.4, 0.5) is 5.69 Å². The number of carbonyl (C=O) groups excluding carboxylic acids is 1. The monoisotopic (exact) mass is 255 g/mol. The Morgan fingerprint density at radius 2 is 2.19 bits per heavy atom. The van der Waals surface area contributed by atoms with Gasteiger partial charge >= 0.3 is 0 Å². The van der Waals surface area contributed by atoms with E-state index in [9.17, 15) is 4.79 Å². The summed E-state index contributed by atoms with van der Waals surface area (Å²) in [5, 5.41) is 0.677. The molecule has 2 nitrogen and oxygen atoms in total. The third-order valence-corrected chi connectivity index (χ3v) is 4.04. The molecule has 0 radical (unpaired) electrons. The third-order valence-electron chi connectivity index (χ3n) is 2.68. The first-order chi connectivity index (χ1) is 7.83. The average Bonchev–Trinajstić information content (AvgIpc) is 2.57. The predicted octanol–water partition coefficient (Wildman–Crippen LogP) is 3.10. The van der Waals surface area contributed by atoms with Crippen LogP contribution in [0.3, 0.4) is 0 Å². The number of rotatable bonds is 2. The topological polar surface area (TPSA) is 20.3 Å². The van der Waals surface area contributed by atoms with Gasteiger partial charge in [-0.25, -0.2) is 0 Å². The van der Waals surface area contributed by atoms with Gasteiger partial charge in [0.15, 0.2) is 6.29 Å². The number of hydrogen-bond donors (Lipinski definition) is 0. The lowest BCUT2D eigenvalue weighted by molar-refractivity contribution is 0.112. The second kappa shape index (κ2) is 5.60. The number of carbonyl (C=O) groups is 1. The molecule has 0 bridgehead atoms. The first-order valence-corrected chi connectivity index (χ1v) is 6.92. The Labute approximate surface area is 105 Å². The highest BCUT2D eigenvalue weighted by Gasteiger charge is 2.16. The van der Waals surface area contributed by atoms with E-state index in [1.807, 2.05) is 30.0 Å². The van der Waals surface area contributed by atoms with Crippen LogP contribution in [0.1, 0.15) is 16.8 Å². The summed E-state index contributed by atoms with van der Waals surface area (Å²) >= 11 is 8.15. The summed E-state index contributed by atoms with van der Waals surface area (Å²) < 4.78 is 0. The van der Waals surface area contributed by atoms with Crippen LogP contribution in [-0.2, 0) is 0 Å². The normalized spacial score (nSPS) is 16.9. The van der Waals surface area contributed by atoms with Gasteiger partial charge in [0.05, 0.1) is 10.7 Å². The van der Waals surface area contributed by atoms with Gasteiger partial charge in [0.2, 0.25) is 0 Å². The number of nitrogens with zero attached hydrogens (tertiary/aromatic N) is 1. The zero-order valence-electron chi connectivity index (χ0n) is 8.99. The summed E-state index contributed by atoms with van der Waals surface area (Å²) in [6, 6.07) is 5.50. The minimum absolute atomic E-state index is 0.677. The molecule has 1 aromatic rings. The summed E-state index contributed by atoms with van der Waals surface area (Å²) in [4.78, 5) is 13.2. The molecule has 1 fully saturated rings. The first kappa shape index (κ1) is 11.8. The molecule has 1 saturated heterocycles. The predicted molar refractivity (Wildman–Crippen MR) is 71.0 cm³/mol. The van der Waals surface area contributed by atoms with Crippen molar-refractivity contribution in [3.05, 3.63) is 28.8 Å². The molecule has 0 amide bonds. The molecule has 0 N–H and O–H groups in total. The summed E-state index contributed by atoms with van der Waals surface area (Å²) in [5.74, 6) is 2.29. The largest absolute Gasteiger partial charge is 0.369 e. The Morgan fingerprint density at radius 1 is 1.31 bits per heavy atom. The molecule has 86 valence electrons. The lowest BCUT2D eigenvalue weighted by Gasteiger charge is -2.24. The van der Waals surface area contributed by atoms with E-state index in [2.05, 4.69) is 4.90 Å². The van der Waals surface area contributed by atoms with Crippen molar-refractivity contribution in [3.63, 3.8) is 0 Å². The number of hydrogen-bond acceptors (Lipinski definition) is 3. The fourth-order valence-electron chi connectivity index (χ4n) is 1.93. The second-order valence-electron chi connectivity index (χ2n) is 3.75. The molecule has 1 aliphatic heterocycles. The van der Waals surface area contributed by atoms with Gasteiger partial charge in [0, 0.05) is 24.4 Å². The van der Waals surface area contributed by atoms with Gasteiger partial charge in [0.25, 0.3) is 0 Å². The van der Waals surface area contributed by atoms with Gasteiger partial charge in [-0.1, -0.05) is 17.7 Å². The number of benzene rings is 1. The summed E-state index contributed by atoms with van der Waals surface area (Å²) in [5.41, 5.74) is 1.60. The highest BCUT2D eigenvalue weighted by atomic mass is 35.5. The number of anilines is 1. The van der Waals surface area contributed by atoms with Crippen LogP contribution in [0, 0.1) is 0 Å². The fraction of sp³-hybridized carbons (Fsp3) is 0.417. The molecular weight excluding hydrogens is 242 g/mol. The molecule has 4 heteroatoms. The molecule has 1 heterocycles. The van der Waals surface area contributed by atoms with E-state index in [0.29, 0.717) is 10.6 Å². The molecule has 2 rings (SSSR count). The molecule has 0 saturated carbocycles. The van der Waals surface area contributed by atoms with Gasteiger partial charge in [-0.2, -0.15) is 11.8 Å². The lowest BCUT2D eigenvalue weighted by Crippen LogP contribution is -2.26. The van der Waals surface area contributed by atoms with Crippen molar-refractivity contribution in [2.75, 3.05) is 29.5 Å². The number of aldehydes is 1. The maximum absolute atomic E-state index is 11.0. The van der Waals surface area contributed by atoms with Crippen molar-refractivity contribution >= 4 is 35.3 Å². The molecule has 1 aromatic carbocycles. The molecule has 0 atom stereocenters. The van der Waals surface area contributed by atoms with Gasteiger partial charge < -0.3 is 4.90 Å². The van der Waals surface area contributed by atoms with Crippen molar-refractivity contribution in [3.8, 4) is 0 Å². The smallest absolute Gasteiger partial charge is 0.152 e. The van der Waals surface area contributed by atoms with E-state index in [1.54, 1.807) is 0 Å². The Kier molecular flexibility index (Phi) is 4.13. The molecule has 0 spiro atoms. The van der Waals surface area contributed by atoms with E-state index >= 15 is 0 Å². The lowest BCUT2D eigenvalue weighted by atomic mass is 10.1. The highest BCUT2D eigenvalue weighted by Crippen LogP contribution is 2.30. The number of halogens is 1. The molecular formula is C12H14ClNOS. The Balaban J connectivity index is 2.33. The quantitative estimate of drug-likeness (QED) is 0.758. The second-order valence-corrected chi connectivity index (χ2v) is 5.38. The molecule has 0 aromatic heterocycles. The summed E-state index contributed by atoms with van der Waals surface area (Å²) in [6.45, 7) is 1.95. The summed E-state index contributed by atoms with van der Waals surface area (Å²) in [7, 11) is 0. The molecule has 16 heavy (non-hydrogen) atoms. The standard InChI is InChI=1S/C12H14ClNOS/c13-11-4-1-3-10(9-15)12(11)14-5-2-7-16-8-6-14/h1,3-4,9H,2,5-8H2. The van der Waals surface area contributed by atoms with Crippen molar-refractivity contribution in [1.29, 1.82) is 0 Å². The van der Waals surface area contributed by atoms with E-state index < -0.39 is 0 Å². The Morgan fingerprint density at radius 3 is 3.00 bits per heavy atom. The maximum atomic E-state index is 11.0. The fourth-order valence-corrected chi connectivity index (χ4v) is 3.12. The molecule has 1 aliphatic rings. The Bertz CT molecular complexity index is 375. The van der Waals surface area contributed by atoms with Crippen LogP contribution in [0.25, 0.3) is 0 Å². The Hall–Kier alpha value is -0.670. The highest BCUT2D eigenvalue weighted by molar-refractivity contribution is 7.99. The summed E-state index contributed by atoms with van der Waals surface area (Å²) in [6.07, 6.45) is 2.04. The average molecular weight is 256 g/mol. The zero-order chi connectivity index (χ0) is 11.4. The maximum Gasteiger partial charge on any atom is 0.152 e. The first-order valence-electron chi connectivity index (χ1n) is 5.39. The van der Waals surface area contributed by atoms with Gasteiger partial charge in [-0.15, -0.1) is 0 Å². The minimum Gasteiger partial charge on any atom is -0.369 e. The van der Waals surface area contributed by atoms with Gasteiger partial charge in [0.1, 0.15) is 0 Å². The van der Waals surface area contributed by atoms with Crippen LogP contribution in [0.5, 0.6) is 0 Å². The molecule has 0 aliphatic carbocycles. The van der Waals surface area contributed by atoms with Gasteiger partial charge in [-0.05, 0) is 24.3 Å². The SMILES string of the molecule is O=Cc1cccc(Cl)c1N1CCCSCC1. The van der Waals surface area contributed by atoms with Crippen molar-refractivity contribution in [1.82, 2.24) is 0 Å².